The van der Waals surface area contributed by atoms with E-state index in [1.165, 1.54) is 4.68 Å². The Morgan fingerprint density at radius 2 is 2.05 bits per heavy atom. The Morgan fingerprint density at radius 1 is 1.40 bits per heavy atom. The van der Waals surface area contributed by atoms with Crippen molar-refractivity contribution in [2.24, 2.45) is 12.8 Å². The van der Waals surface area contributed by atoms with Gasteiger partial charge in [0.05, 0.1) is 17.9 Å². The number of benzene rings is 1. The second-order valence-electron chi connectivity index (χ2n) is 4.19. The minimum absolute atomic E-state index is 0.0696. The van der Waals surface area contributed by atoms with Crippen molar-refractivity contribution >= 4 is 17.2 Å². The van der Waals surface area contributed by atoms with Crippen molar-refractivity contribution < 1.29 is 4.74 Å². The molecule has 0 fully saturated rings. The zero-order valence-electron chi connectivity index (χ0n) is 11.3. The minimum atomic E-state index is -0.299. The van der Waals surface area contributed by atoms with E-state index in [9.17, 15) is 4.79 Å². The summed E-state index contributed by atoms with van der Waals surface area (Å²) < 4.78 is 6.62. The smallest absolute Gasteiger partial charge is 0.276 e. The van der Waals surface area contributed by atoms with Crippen molar-refractivity contribution in [3.05, 3.63) is 46.2 Å². The fraction of sp³-hybridized carbons (Fsp3) is 0.214. The molecule has 2 N–H and O–H groups in total. The Hall–Kier alpha value is -2.21. The molecule has 0 saturated heterocycles. The maximum absolute atomic E-state index is 11.8. The van der Waals surface area contributed by atoms with Gasteiger partial charge in [0.25, 0.3) is 5.56 Å². The van der Waals surface area contributed by atoms with Gasteiger partial charge < -0.3 is 10.5 Å². The second kappa shape index (κ2) is 5.83. The average molecular weight is 289 g/mol. The van der Waals surface area contributed by atoms with E-state index in [2.05, 4.69) is 5.10 Å². The highest BCUT2D eigenvalue weighted by molar-refractivity contribution is 7.80. The van der Waals surface area contributed by atoms with Crippen LogP contribution in [-0.2, 0) is 7.05 Å². The molecule has 1 aromatic heterocycles. The summed E-state index contributed by atoms with van der Waals surface area (Å²) in [5.41, 5.74) is 7.06. The summed E-state index contributed by atoms with van der Waals surface area (Å²) in [6.45, 7) is 2.54. The van der Waals surface area contributed by atoms with E-state index in [1.54, 1.807) is 13.1 Å². The summed E-state index contributed by atoms with van der Waals surface area (Å²) in [6, 6.07) is 9.07. The summed E-state index contributed by atoms with van der Waals surface area (Å²) in [5.74, 6) is 0.788. The lowest BCUT2D eigenvalue weighted by molar-refractivity contribution is 0.340. The standard InChI is InChI=1S/C14H15N3O2S/c1-3-19-10-6-4-9(5-7-10)12-8-11(13(15)20)14(18)17(2)16-12/h4-8H,3H2,1-2H3,(H2,15,20). The third kappa shape index (κ3) is 2.85. The van der Waals surface area contributed by atoms with Crippen molar-refractivity contribution in [2.75, 3.05) is 6.61 Å². The number of hydrogen-bond acceptors (Lipinski definition) is 4. The molecule has 5 nitrogen and oxygen atoms in total. The van der Waals surface area contributed by atoms with Gasteiger partial charge in [-0.1, -0.05) is 12.2 Å². The van der Waals surface area contributed by atoms with Crippen LogP contribution >= 0.6 is 12.2 Å². The van der Waals surface area contributed by atoms with Crippen molar-refractivity contribution in [3.8, 4) is 17.0 Å². The molecule has 0 unspecified atom stereocenters. The van der Waals surface area contributed by atoms with E-state index in [4.69, 9.17) is 22.7 Å². The molecule has 0 atom stereocenters. The van der Waals surface area contributed by atoms with Crippen LogP contribution in [0.15, 0.2) is 35.1 Å². The maximum Gasteiger partial charge on any atom is 0.276 e. The highest BCUT2D eigenvalue weighted by Crippen LogP contribution is 2.20. The Labute approximate surface area is 122 Å². The van der Waals surface area contributed by atoms with Gasteiger partial charge in [-0.2, -0.15) is 5.10 Å². The first-order valence-corrected chi connectivity index (χ1v) is 6.55. The van der Waals surface area contributed by atoms with Crippen LogP contribution in [0.5, 0.6) is 5.75 Å². The molecular formula is C14H15N3O2S. The van der Waals surface area contributed by atoms with E-state index in [-0.39, 0.29) is 10.5 Å². The number of aryl methyl sites for hydroxylation is 1. The van der Waals surface area contributed by atoms with Crippen LogP contribution in [0.2, 0.25) is 0 Å². The number of aromatic nitrogens is 2. The van der Waals surface area contributed by atoms with Crippen molar-refractivity contribution in [3.63, 3.8) is 0 Å². The van der Waals surface area contributed by atoms with Gasteiger partial charge in [-0.05, 0) is 37.3 Å². The van der Waals surface area contributed by atoms with Crippen molar-refractivity contribution in [1.82, 2.24) is 9.78 Å². The summed E-state index contributed by atoms with van der Waals surface area (Å²) in [5, 5.41) is 4.21. The third-order valence-electron chi connectivity index (χ3n) is 2.79. The van der Waals surface area contributed by atoms with Gasteiger partial charge in [0.1, 0.15) is 10.7 Å². The lowest BCUT2D eigenvalue weighted by Crippen LogP contribution is -2.29. The number of ether oxygens (including phenoxy) is 1. The van der Waals surface area contributed by atoms with Crippen LogP contribution in [0.1, 0.15) is 12.5 Å². The van der Waals surface area contributed by atoms with E-state index in [0.29, 0.717) is 17.9 Å². The highest BCUT2D eigenvalue weighted by Gasteiger charge is 2.10. The van der Waals surface area contributed by atoms with Gasteiger partial charge in [0.15, 0.2) is 0 Å². The van der Waals surface area contributed by atoms with E-state index >= 15 is 0 Å². The molecular weight excluding hydrogens is 274 g/mol. The van der Waals surface area contributed by atoms with Crippen molar-refractivity contribution in [2.45, 2.75) is 6.92 Å². The Morgan fingerprint density at radius 3 is 2.60 bits per heavy atom. The largest absolute Gasteiger partial charge is 0.494 e. The van der Waals surface area contributed by atoms with Crippen LogP contribution in [0.4, 0.5) is 0 Å². The lowest BCUT2D eigenvalue weighted by Gasteiger charge is -2.08. The van der Waals surface area contributed by atoms with Gasteiger partial charge >= 0.3 is 0 Å². The average Bonchev–Trinajstić information content (AvgIpc) is 2.42. The molecule has 104 valence electrons. The van der Waals surface area contributed by atoms with Crippen LogP contribution in [0, 0.1) is 0 Å². The zero-order valence-corrected chi connectivity index (χ0v) is 12.1. The first kappa shape index (κ1) is 14.2. The quantitative estimate of drug-likeness (QED) is 0.863. The SMILES string of the molecule is CCOc1ccc(-c2cc(C(N)=S)c(=O)n(C)n2)cc1. The maximum atomic E-state index is 11.8. The zero-order chi connectivity index (χ0) is 14.7. The summed E-state index contributed by atoms with van der Waals surface area (Å²) >= 11 is 4.89. The summed E-state index contributed by atoms with van der Waals surface area (Å²) in [4.78, 5) is 11.9. The summed E-state index contributed by atoms with van der Waals surface area (Å²) in [6.07, 6.45) is 0. The molecule has 2 rings (SSSR count). The molecule has 0 bridgehead atoms. The van der Waals surface area contributed by atoms with E-state index < -0.39 is 0 Å². The molecule has 0 aliphatic heterocycles. The van der Waals surface area contributed by atoms with Crippen LogP contribution in [-0.4, -0.2) is 21.4 Å². The number of nitrogens with zero attached hydrogens (tertiary/aromatic N) is 2. The normalized spacial score (nSPS) is 10.3. The van der Waals surface area contributed by atoms with Gasteiger partial charge in [-0.3, -0.25) is 4.79 Å². The van der Waals surface area contributed by atoms with Gasteiger partial charge in [0.2, 0.25) is 0 Å². The first-order chi connectivity index (χ1) is 9.52. The first-order valence-electron chi connectivity index (χ1n) is 6.14. The van der Waals surface area contributed by atoms with Crippen LogP contribution in [0.25, 0.3) is 11.3 Å². The monoisotopic (exact) mass is 289 g/mol. The minimum Gasteiger partial charge on any atom is -0.494 e. The molecule has 0 spiro atoms. The number of hydrogen-bond donors (Lipinski definition) is 1. The molecule has 0 amide bonds. The Kier molecular flexibility index (Phi) is 4.14. The fourth-order valence-corrected chi connectivity index (χ4v) is 1.96. The van der Waals surface area contributed by atoms with Gasteiger partial charge in [-0.25, -0.2) is 4.68 Å². The third-order valence-corrected chi connectivity index (χ3v) is 3.01. The lowest BCUT2D eigenvalue weighted by atomic mass is 10.1. The molecule has 0 aliphatic rings. The molecule has 1 aromatic carbocycles. The molecule has 2 aromatic rings. The molecule has 0 radical (unpaired) electrons. The predicted octanol–water partition coefficient (Wildman–Crippen LogP) is 1.48. The van der Waals surface area contributed by atoms with E-state index in [1.807, 2.05) is 31.2 Å². The Balaban J connectivity index is 2.47. The molecule has 1 heterocycles. The van der Waals surface area contributed by atoms with Crippen LogP contribution in [0.3, 0.4) is 0 Å². The van der Waals surface area contributed by atoms with Crippen molar-refractivity contribution in [1.29, 1.82) is 0 Å². The number of rotatable bonds is 4. The molecule has 6 heteroatoms. The molecule has 20 heavy (non-hydrogen) atoms. The number of nitrogens with two attached hydrogens (primary N) is 1. The fourth-order valence-electron chi connectivity index (χ4n) is 1.81. The van der Waals surface area contributed by atoms with Gasteiger partial charge in [-0.15, -0.1) is 0 Å². The topological polar surface area (TPSA) is 70.1 Å². The van der Waals surface area contributed by atoms with Gasteiger partial charge in [0, 0.05) is 12.6 Å². The Bertz CT molecular complexity index is 693. The molecule has 0 aliphatic carbocycles. The number of thiocarbonyl (C=S) groups is 1. The van der Waals surface area contributed by atoms with E-state index in [0.717, 1.165) is 11.3 Å². The van der Waals surface area contributed by atoms with Crippen LogP contribution < -0.4 is 16.0 Å². The summed E-state index contributed by atoms with van der Waals surface area (Å²) in [7, 11) is 1.57. The molecule has 0 saturated carbocycles. The highest BCUT2D eigenvalue weighted by atomic mass is 32.1. The predicted molar refractivity (Wildman–Crippen MR) is 82.0 cm³/mol. The second-order valence-corrected chi connectivity index (χ2v) is 4.63.